The fourth-order valence-corrected chi connectivity index (χ4v) is 2.27. The first-order valence-electron chi connectivity index (χ1n) is 6.19. The molecule has 0 aromatic carbocycles. The highest BCUT2D eigenvalue weighted by molar-refractivity contribution is 5.88. The first kappa shape index (κ1) is 14.0. The molecule has 1 unspecified atom stereocenters. The van der Waals surface area contributed by atoms with Crippen LogP contribution in [-0.2, 0) is 9.59 Å². The molecule has 0 radical (unpaired) electrons. The molecule has 1 fully saturated rings. The zero-order valence-corrected chi connectivity index (χ0v) is 10.8. The third kappa shape index (κ3) is 2.97. The molecule has 98 valence electrons. The van der Waals surface area contributed by atoms with E-state index in [-0.39, 0.29) is 11.8 Å². The Hall–Kier alpha value is -1.10. The van der Waals surface area contributed by atoms with Crippen molar-refractivity contribution in [1.82, 2.24) is 10.2 Å². The Balaban J connectivity index is 2.68. The molecule has 0 aromatic heterocycles. The van der Waals surface area contributed by atoms with Crippen molar-refractivity contribution < 1.29 is 14.7 Å². The monoisotopic (exact) mass is 242 g/mol. The van der Waals surface area contributed by atoms with Gasteiger partial charge in [0, 0.05) is 6.54 Å². The Morgan fingerprint density at radius 3 is 2.35 bits per heavy atom. The Morgan fingerprint density at radius 2 is 2.00 bits per heavy atom. The van der Waals surface area contributed by atoms with Crippen molar-refractivity contribution in [3.63, 3.8) is 0 Å². The molecule has 1 aliphatic heterocycles. The lowest BCUT2D eigenvalue weighted by molar-refractivity contribution is -0.148. The van der Waals surface area contributed by atoms with Gasteiger partial charge in [-0.1, -0.05) is 13.8 Å². The number of carboxylic acid groups (broad SMARTS) is 1. The van der Waals surface area contributed by atoms with Crippen LogP contribution in [-0.4, -0.2) is 47.6 Å². The molecule has 2 N–H and O–H groups in total. The molecule has 1 atom stereocenters. The maximum atomic E-state index is 12.0. The SMILES string of the molecule is CCC(CC)(NC(=O)C1CCN(C)C1)C(=O)O. The topological polar surface area (TPSA) is 69.6 Å². The summed E-state index contributed by atoms with van der Waals surface area (Å²) in [6, 6.07) is 0. The summed E-state index contributed by atoms with van der Waals surface area (Å²) in [6.07, 6.45) is 1.63. The van der Waals surface area contributed by atoms with E-state index < -0.39 is 11.5 Å². The van der Waals surface area contributed by atoms with E-state index in [1.807, 2.05) is 7.05 Å². The highest BCUT2D eigenvalue weighted by Gasteiger charge is 2.38. The van der Waals surface area contributed by atoms with Gasteiger partial charge in [-0.05, 0) is 32.9 Å². The summed E-state index contributed by atoms with van der Waals surface area (Å²) in [5, 5.41) is 12.0. The van der Waals surface area contributed by atoms with Crippen LogP contribution in [0.25, 0.3) is 0 Å². The highest BCUT2D eigenvalue weighted by Crippen LogP contribution is 2.20. The van der Waals surface area contributed by atoms with Gasteiger partial charge in [-0.3, -0.25) is 4.79 Å². The minimum Gasteiger partial charge on any atom is -0.480 e. The molecule has 1 aliphatic rings. The Morgan fingerprint density at radius 1 is 1.41 bits per heavy atom. The van der Waals surface area contributed by atoms with Crippen LogP contribution in [0.3, 0.4) is 0 Å². The minimum absolute atomic E-state index is 0.0724. The molecule has 0 bridgehead atoms. The normalized spacial score (nSPS) is 21.5. The van der Waals surface area contributed by atoms with Gasteiger partial charge in [-0.2, -0.15) is 0 Å². The summed E-state index contributed by atoms with van der Waals surface area (Å²) in [6.45, 7) is 5.20. The van der Waals surface area contributed by atoms with Crippen LogP contribution in [0.4, 0.5) is 0 Å². The lowest BCUT2D eigenvalue weighted by atomic mass is 9.91. The first-order chi connectivity index (χ1) is 7.95. The van der Waals surface area contributed by atoms with Crippen molar-refractivity contribution >= 4 is 11.9 Å². The lowest BCUT2D eigenvalue weighted by Crippen LogP contribution is -2.55. The number of carbonyl (C=O) groups is 2. The quantitative estimate of drug-likeness (QED) is 0.744. The van der Waals surface area contributed by atoms with E-state index in [4.69, 9.17) is 0 Å². The molecule has 1 heterocycles. The van der Waals surface area contributed by atoms with Gasteiger partial charge in [-0.25, -0.2) is 4.79 Å². The number of likely N-dealkylation sites (tertiary alicyclic amines) is 1. The molecule has 0 aliphatic carbocycles. The second kappa shape index (κ2) is 5.49. The minimum atomic E-state index is -1.10. The summed E-state index contributed by atoms with van der Waals surface area (Å²) < 4.78 is 0. The molecule has 0 saturated carbocycles. The third-order valence-corrected chi connectivity index (χ3v) is 3.74. The van der Waals surface area contributed by atoms with Gasteiger partial charge in [0.25, 0.3) is 0 Å². The largest absolute Gasteiger partial charge is 0.480 e. The smallest absolute Gasteiger partial charge is 0.329 e. The van der Waals surface area contributed by atoms with Crippen LogP contribution >= 0.6 is 0 Å². The van der Waals surface area contributed by atoms with E-state index in [2.05, 4.69) is 10.2 Å². The van der Waals surface area contributed by atoms with Crippen molar-refractivity contribution in [1.29, 1.82) is 0 Å². The zero-order chi connectivity index (χ0) is 13.1. The van der Waals surface area contributed by atoms with E-state index in [9.17, 15) is 14.7 Å². The molecular weight excluding hydrogens is 220 g/mol. The number of aliphatic carboxylic acids is 1. The maximum absolute atomic E-state index is 12.0. The van der Waals surface area contributed by atoms with Gasteiger partial charge in [0.15, 0.2) is 0 Å². The molecular formula is C12H22N2O3. The second-order valence-corrected chi connectivity index (χ2v) is 4.83. The van der Waals surface area contributed by atoms with Crippen LogP contribution in [0.2, 0.25) is 0 Å². The zero-order valence-electron chi connectivity index (χ0n) is 10.8. The van der Waals surface area contributed by atoms with Crippen molar-refractivity contribution in [3.8, 4) is 0 Å². The van der Waals surface area contributed by atoms with Crippen molar-refractivity contribution in [2.24, 2.45) is 5.92 Å². The summed E-state index contributed by atoms with van der Waals surface area (Å²) >= 11 is 0. The standard InChI is InChI=1S/C12H22N2O3/c1-4-12(5-2,11(16)17)13-10(15)9-6-7-14(3)8-9/h9H,4-8H2,1-3H3,(H,13,15)(H,16,17). The molecule has 0 aromatic rings. The molecule has 1 amide bonds. The van der Waals surface area contributed by atoms with Crippen LogP contribution in [0.1, 0.15) is 33.1 Å². The Kier molecular flexibility index (Phi) is 4.51. The average Bonchev–Trinajstić information content (AvgIpc) is 2.72. The average molecular weight is 242 g/mol. The predicted octanol–water partition coefficient (Wildman–Crippen LogP) is 0.698. The summed E-state index contributed by atoms with van der Waals surface area (Å²) in [7, 11) is 1.97. The number of hydrogen-bond donors (Lipinski definition) is 2. The molecule has 1 saturated heterocycles. The van der Waals surface area contributed by atoms with E-state index in [0.717, 1.165) is 19.5 Å². The van der Waals surface area contributed by atoms with Gasteiger partial charge in [0.1, 0.15) is 5.54 Å². The van der Waals surface area contributed by atoms with E-state index in [1.54, 1.807) is 13.8 Å². The van der Waals surface area contributed by atoms with E-state index in [0.29, 0.717) is 12.8 Å². The van der Waals surface area contributed by atoms with Crippen LogP contribution in [0.5, 0.6) is 0 Å². The van der Waals surface area contributed by atoms with Crippen molar-refractivity contribution in [2.45, 2.75) is 38.6 Å². The third-order valence-electron chi connectivity index (χ3n) is 3.74. The van der Waals surface area contributed by atoms with Gasteiger partial charge < -0.3 is 15.3 Å². The summed E-state index contributed by atoms with van der Waals surface area (Å²) in [5.74, 6) is -1.14. The number of carbonyl (C=O) groups excluding carboxylic acids is 1. The summed E-state index contributed by atoms with van der Waals surface area (Å²) in [5.41, 5.74) is -1.10. The lowest BCUT2D eigenvalue weighted by Gasteiger charge is -2.29. The van der Waals surface area contributed by atoms with Crippen molar-refractivity contribution in [2.75, 3.05) is 20.1 Å². The number of carboxylic acids is 1. The van der Waals surface area contributed by atoms with Gasteiger partial charge in [-0.15, -0.1) is 0 Å². The van der Waals surface area contributed by atoms with Gasteiger partial charge in [0.2, 0.25) is 5.91 Å². The number of nitrogens with one attached hydrogen (secondary N) is 1. The molecule has 1 rings (SSSR count). The number of amides is 1. The van der Waals surface area contributed by atoms with Crippen LogP contribution < -0.4 is 5.32 Å². The van der Waals surface area contributed by atoms with E-state index >= 15 is 0 Å². The molecule has 5 nitrogen and oxygen atoms in total. The van der Waals surface area contributed by atoms with Crippen LogP contribution in [0.15, 0.2) is 0 Å². The maximum Gasteiger partial charge on any atom is 0.329 e. The second-order valence-electron chi connectivity index (χ2n) is 4.83. The van der Waals surface area contributed by atoms with Gasteiger partial charge >= 0.3 is 5.97 Å². The van der Waals surface area contributed by atoms with Crippen LogP contribution in [0, 0.1) is 5.92 Å². The Bertz CT molecular complexity index is 300. The first-order valence-corrected chi connectivity index (χ1v) is 6.19. The number of hydrogen-bond acceptors (Lipinski definition) is 3. The number of nitrogens with zero attached hydrogens (tertiary/aromatic N) is 1. The summed E-state index contributed by atoms with van der Waals surface area (Å²) in [4.78, 5) is 25.4. The Labute approximate surface area is 102 Å². The molecule has 0 spiro atoms. The predicted molar refractivity (Wildman–Crippen MR) is 64.7 cm³/mol. The molecule has 17 heavy (non-hydrogen) atoms. The van der Waals surface area contributed by atoms with Crippen molar-refractivity contribution in [3.05, 3.63) is 0 Å². The molecule has 5 heteroatoms. The highest BCUT2D eigenvalue weighted by atomic mass is 16.4. The van der Waals surface area contributed by atoms with Gasteiger partial charge in [0.05, 0.1) is 5.92 Å². The number of rotatable bonds is 5. The fourth-order valence-electron chi connectivity index (χ4n) is 2.27. The fraction of sp³-hybridized carbons (Fsp3) is 0.833. The van der Waals surface area contributed by atoms with E-state index in [1.165, 1.54) is 0 Å².